The second kappa shape index (κ2) is 13.9. The molecule has 0 aromatic heterocycles. The summed E-state index contributed by atoms with van der Waals surface area (Å²) in [7, 11) is 0. The quantitative estimate of drug-likeness (QED) is 0.200. The van der Waals surface area contributed by atoms with Gasteiger partial charge in [0.05, 0.1) is 61.8 Å². The Bertz CT molecular complexity index is 521. The number of rotatable bonds is 8. The number of aromatic carboxylic acids is 2. The highest BCUT2D eigenvalue weighted by Gasteiger charge is 2.21. The lowest BCUT2D eigenvalue weighted by Crippen LogP contribution is -2.50. The standard InChI is InChI=1S/C8H6O4.2C4H11NO3/c9-7(10)5-3-1-2-4-6(5)8(11)12;2*5-4(1-6,2-7)3-8/h1-4H,(H,9,10)(H,11,12);2*6-8H,1-3,5H2. The van der Waals surface area contributed by atoms with Gasteiger partial charge in [-0.1, -0.05) is 12.1 Å². The van der Waals surface area contributed by atoms with Gasteiger partial charge in [-0.3, -0.25) is 0 Å². The monoisotopic (exact) mass is 408 g/mol. The Morgan fingerprint density at radius 3 is 0.964 bits per heavy atom. The average Bonchev–Trinajstić information content (AvgIpc) is 2.73. The second-order valence-electron chi connectivity index (χ2n) is 5.83. The normalized spacial score (nSPS) is 10.9. The van der Waals surface area contributed by atoms with E-state index in [2.05, 4.69) is 0 Å². The first-order valence-corrected chi connectivity index (χ1v) is 7.78. The molecule has 0 saturated heterocycles. The zero-order chi connectivity index (χ0) is 22.4. The maximum absolute atomic E-state index is 10.5. The first-order chi connectivity index (χ1) is 13.0. The van der Waals surface area contributed by atoms with Gasteiger partial charge in [-0.2, -0.15) is 0 Å². The van der Waals surface area contributed by atoms with Crippen LogP contribution < -0.4 is 11.5 Å². The minimum absolute atomic E-state index is 0.190. The van der Waals surface area contributed by atoms with Crippen LogP contribution in [0.4, 0.5) is 0 Å². The second-order valence-corrected chi connectivity index (χ2v) is 5.83. The molecule has 0 aliphatic rings. The van der Waals surface area contributed by atoms with Gasteiger partial charge in [-0.25, -0.2) is 9.59 Å². The Morgan fingerprint density at radius 1 is 0.643 bits per heavy atom. The summed E-state index contributed by atoms with van der Waals surface area (Å²) in [6, 6.07) is 5.48. The van der Waals surface area contributed by atoms with Crippen LogP contribution in [-0.4, -0.2) is 104 Å². The third-order valence-electron chi connectivity index (χ3n) is 3.28. The van der Waals surface area contributed by atoms with Crippen LogP contribution in [-0.2, 0) is 0 Å². The molecule has 0 atom stereocenters. The molecule has 0 heterocycles. The fourth-order valence-corrected chi connectivity index (χ4v) is 1.16. The van der Waals surface area contributed by atoms with Gasteiger partial charge < -0.3 is 52.3 Å². The first kappa shape index (κ1) is 28.1. The van der Waals surface area contributed by atoms with E-state index in [1.54, 1.807) is 0 Å². The third kappa shape index (κ3) is 10.2. The van der Waals surface area contributed by atoms with E-state index >= 15 is 0 Å². The number of aliphatic hydroxyl groups is 6. The van der Waals surface area contributed by atoms with E-state index in [0.717, 1.165) is 0 Å². The Hall–Kier alpha value is -2.16. The van der Waals surface area contributed by atoms with Crippen molar-refractivity contribution in [1.29, 1.82) is 0 Å². The van der Waals surface area contributed by atoms with E-state index in [-0.39, 0.29) is 11.1 Å². The molecule has 28 heavy (non-hydrogen) atoms. The van der Waals surface area contributed by atoms with Gasteiger partial charge in [0.1, 0.15) is 0 Å². The predicted octanol–water partition coefficient (Wildman–Crippen LogP) is -3.60. The number of aliphatic hydroxyl groups excluding tert-OH is 6. The number of hydrogen-bond donors (Lipinski definition) is 10. The summed E-state index contributed by atoms with van der Waals surface area (Å²) in [6.07, 6.45) is 0. The first-order valence-electron chi connectivity index (χ1n) is 7.78. The maximum Gasteiger partial charge on any atom is 0.336 e. The molecule has 0 unspecified atom stereocenters. The van der Waals surface area contributed by atoms with E-state index in [0.29, 0.717) is 0 Å². The highest BCUT2D eigenvalue weighted by molar-refractivity contribution is 6.01. The molecule has 1 rings (SSSR count). The van der Waals surface area contributed by atoms with Crippen molar-refractivity contribution in [3.05, 3.63) is 35.4 Å². The van der Waals surface area contributed by atoms with Crippen LogP contribution in [0.25, 0.3) is 0 Å². The summed E-state index contributed by atoms with van der Waals surface area (Å²) in [5.74, 6) is -2.46. The fourth-order valence-electron chi connectivity index (χ4n) is 1.16. The van der Waals surface area contributed by atoms with Crippen LogP contribution in [0, 0.1) is 0 Å². The van der Waals surface area contributed by atoms with Crippen LogP contribution >= 0.6 is 0 Å². The molecule has 12 N–H and O–H groups in total. The maximum atomic E-state index is 10.5. The van der Waals surface area contributed by atoms with Crippen molar-refractivity contribution in [2.45, 2.75) is 11.1 Å². The Labute approximate surface area is 160 Å². The number of nitrogens with two attached hydrogens (primary N) is 2. The Morgan fingerprint density at radius 2 is 0.857 bits per heavy atom. The van der Waals surface area contributed by atoms with Crippen LogP contribution in [0.5, 0.6) is 0 Å². The van der Waals surface area contributed by atoms with Crippen molar-refractivity contribution < 1.29 is 50.4 Å². The van der Waals surface area contributed by atoms with E-state index < -0.39 is 62.7 Å². The zero-order valence-corrected chi connectivity index (χ0v) is 15.1. The topological polar surface area (TPSA) is 248 Å². The minimum Gasteiger partial charge on any atom is -0.478 e. The molecule has 0 saturated carbocycles. The SMILES string of the molecule is NC(CO)(CO)CO.NC(CO)(CO)CO.O=C(O)c1ccccc1C(=O)O. The lowest BCUT2D eigenvalue weighted by Gasteiger charge is -2.20. The Balaban J connectivity index is 0. The summed E-state index contributed by atoms with van der Waals surface area (Å²) in [6.45, 7) is -2.42. The van der Waals surface area contributed by atoms with Gasteiger partial charge in [-0.15, -0.1) is 0 Å². The van der Waals surface area contributed by atoms with E-state index in [9.17, 15) is 9.59 Å². The molecule has 0 aliphatic heterocycles. The summed E-state index contributed by atoms with van der Waals surface area (Å²) < 4.78 is 0. The van der Waals surface area contributed by atoms with Crippen LogP contribution in [0.2, 0.25) is 0 Å². The predicted molar refractivity (Wildman–Crippen MR) is 96.7 cm³/mol. The molecule has 0 bridgehead atoms. The van der Waals surface area contributed by atoms with Gasteiger partial charge in [0.2, 0.25) is 0 Å². The summed E-state index contributed by atoms with van der Waals surface area (Å²) in [4.78, 5) is 20.9. The lowest BCUT2D eigenvalue weighted by atomic mass is 10.1. The van der Waals surface area contributed by atoms with Crippen molar-refractivity contribution in [2.24, 2.45) is 11.5 Å². The number of carboxylic acids is 2. The van der Waals surface area contributed by atoms with Gasteiger partial charge in [0, 0.05) is 0 Å². The molecule has 12 heteroatoms. The zero-order valence-electron chi connectivity index (χ0n) is 15.1. The average molecular weight is 408 g/mol. The van der Waals surface area contributed by atoms with Crippen LogP contribution in [0.15, 0.2) is 24.3 Å². The molecule has 162 valence electrons. The van der Waals surface area contributed by atoms with Gasteiger partial charge >= 0.3 is 11.9 Å². The smallest absolute Gasteiger partial charge is 0.336 e. The van der Waals surface area contributed by atoms with Crippen molar-refractivity contribution in [2.75, 3.05) is 39.6 Å². The molecule has 0 amide bonds. The number of benzene rings is 1. The summed E-state index contributed by atoms with van der Waals surface area (Å²) in [5.41, 5.74) is 7.50. The number of carboxylic acid groups (broad SMARTS) is 2. The minimum atomic E-state index is -1.23. The largest absolute Gasteiger partial charge is 0.478 e. The summed E-state index contributed by atoms with van der Waals surface area (Å²) in [5, 5.41) is 67.1. The van der Waals surface area contributed by atoms with E-state index in [1.165, 1.54) is 24.3 Å². The molecule has 0 fully saturated rings. The van der Waals surface area contributed by atoms with Gasteiger partial charge in [-0.05, 0) is 12.1 Å². The highest BCUT2D eigenvalue weighted by atomic mass is 16.4. The van der Waals surface area contributed by atoms with Crippen LogP contribution in [0.3, 0.4) is 0 Å². The van der Waals surface area contributed by atoms with E-state index in [4.69, 9.17) is 52.3 Å². The molecule has 0 spiro atoms. The molecular weight excluding hydrogens is 380 g/mol. The van der Waals surface area contributed by atoms with Gasteiger partial charge in [0.25, 0.3) is 0 Å². The molecular formula is C16H28N2O10. The number of hydrogen-bond acceptors (Lipinski definition) is 10. The fraction of sp³-hybridized carbons (Fsp3) is 0.500. The van der Waals surface area contributed by atoms with Gasteiger partial charge in [0.15, 0.2) is 0 Å². The Kier molecular flexibility index (Phi) is 14.0. The lowest BCUT2D eigenvalue weighted by molar-refractivity contribution is 0.0651. The van der Waals surface area contributed by atoms with Crippen LogP contribution in [0.1, 0.15) is 20.7 Å². The van der Waals surface area contributed by atoms with Crippen molar-refractivity contribution in [3.8, 4) is 0 Å². The molecule has 0 radical (unpaired) electrons. The van der Waals surface area contributed by atoms with Crippen molar-refractivity contribution in [3.63, 3.8) is 0 Å². The molecule has 12 nitrogen and oxygen atoms in total. The molecule has 0 aliphatic carbocycles. The van der Waals surface area contributed by atoms with Crippen molar-refractivity contribution in [1.82, 2.24) is 0 Å². The third-order valence-corrected chi connectivity index (χ3v) is 3.28. The number of carbonyl (C=O) groups is 2. The van der Waals surface area contributed by atoms with E-state index in [1.807, 2.05) is 0 Å². The highest BCUT2D eigenvalue weighted by Crippen LogP contribution is 2.07. The molecule has 1 aromatic rings. The summed E-state index contributed by atoms with van der Waals surface area (Å²) >= 11 is 0. The molecule has 1 aromatic carbocycles. The van der Waals surface area contributed by atoms with Crippen molar-refractivity contribution >= 4 is 11.9 Å².